The standard InChI is InChI=1S/C30H23ClN2O4/c1-2-6-19-11-17-23(18-12-19)37-30(36)21-13-15-22(16-14-21)32-27-26(31)28(34)33(29(27)35)25-10-5-8-20-7-3-4-9-24(20)25/h3-5,7-18,32H,2,6H2,1H3. The molecule has 0 unspecified atom stereocenters. The van der Waals surface area contributed by atoms with Gasteiger partial charge in [-0.1, -0.05) is 73.5 Å². The molecule has 4 aromatic carbocycles. The van der Waals surface area contributed by atoms with Gasteiger partial charge in [-0.3, -0.25) is 9.59 Å². The van der Waals surface area contributed by atoms with Crippen LogP contribution in [0.15, 0.2) is 102 Å². The van der Waals surface area contributed by atoms with Gasteiger partial charge in [0.2, 0.25) is 0 Å². The molecule has 0 saturated carbocycles. The monoisotopic (exact) mass is 510 g/mol. The summed E-state index contributed by atoms with van der Waals surface area (Å²) in [6.07, 6.45) is 2.01. The Morgan fingerprint density at radius 2 is 1.57 bits per heavy atom. The summed E-state index contributed by atoms with van der Waals surface area (Å²) in [5.74, 6) is -1.19. The second-order valence-electron chi connectivity index (χ2n) is 8.62. The smallest absolute Gasteiger partial charge is 0.343 e. The molecule has 1 N–H and O–H groups in total. The molecular weight excluding hydrogens is 488 g/mol. The van der Waals surface area contributed by atoms with Crippen LogP contribution in [0.1, 0.15) is 29.3 Å². The Morgan fingerprint density at radius 1 is 0.865 bits per heavy atom. The van der Waals surface area contributed by atoms with Crippen LogP contribution in [0.4, 0.5) is 11.4 Å². The first kappa shape index (κ1) is 24.3. The van der Waals surface area contributed by atoms with Crippen molar-refractivity contribution in [2.24, 2.45) is 0 Å². The molecule has 1 aliphatic rings. The Bertz CT molecular complexity index is 1540. The van der Waals surface area contributed by atoms with Gasteiger partial charge in [-0.05, 0) is 59.8 Å². The zero-order valence-corrected chi connectivity index (χ0v) is 20.8. The average molecular weight is 511 g/mol. The van der Waals surface area contributed by atoms with Gasteiger partial charge in [0, 0.05) is 11.1 Å². The van der Waals surface area contributed by atoms with E-state index >= 15 is 0 Å². The van der Waals surface area contributed by atoms with E-state index in [-0.39, 0.29) is 10.7 Å². The van der Waals surface area contributed by atoms with E-state index in [4.69, 9.17) is 16.3 Å². The number of ether oxygens (including phenoxy) is 1. The van der Waals surface area contributed by atoms with Crippen molar-refractivity contribution in [1.29, 1.82) is 0 Å². The third kappa shape index (κ3) is 4.84. The summed E-state index contributed by atoms with van der Waals surface area (Å²) < 4.78 is 5.46. The fraction of sp³-hybridized carbons (Fsp3) is 0.100. The summed E-state index contributed by atoms with van der Waals surface area (Å²) in [6.45, 7) is 2.11. The van der Waals surface area contributed by atoms with Gasteiger partial charge in [-0.15, -0.1) is 0 Å². The lowest BCUT2D eigenvalue weighted by Crippen LogP contribution is -2.32. The first-order valence-electron chi connectivity index (χ1n) is 11.9. The lowest BCUT2D eigenvalue weighted by atomic mass is 10.1. The van der Waals surface area contributed by atoms with Crippen LogP contribution in [0.25, 0.3) is 10.8 Å². The van der Waals surface area contributed by atoms with Gasteiger partial charge in [0.05, 0.1) is 11.3 Å². The molecule has 6 nitrogen and oxygen atoms in total. The quantitative estimate of drug-likeness (QED) is 0.176. The van der Waals surface area contributed by atoms with Crippen LogP contribution in [-0.2, 0) is 16.0 Å². The second kappa shape index (κ2) is 10.3. The minimum Gasteiger partial charge on any atom is -0.423 e. The van der Waals surface area contributed by atoms with E-state index in [1.165, 1.54) is 5.56 Å². The highest BCUT2D eigenvalue weighted by Gasteiger charge is 2.39. The van der Waals surface area contributed by atoms with Gasteiger partial charge in [0.1, 0.15) is 16.5 Å². The molecule has 0 radical (unpaired) electrons. The molecule has 7 heteroatoms. The number of anilines is 2. The fourth-order valence-corrected chi connectivity index (χ4v) is 4.46. The molecule has 0 fully saturated rings. The molecule has 5 rings (SSSR count). The first-order valence-corrected chi connectivity index (χ1v) is 12.3. The van der Waals surface area contributed by atoms with Crippen LogP contribution >= 0.6 is 11.6 Å². The van der Waals surface area contributed by atoms with Crippen LogP contribution in [0.5, 0.6) is 5.75 Å². The van der Waals surface area contributed by atoms with Crippen LogP contribution < -0.4 is 15.0 Å². The number of halogens is 1. The largest absolute Gasteiger partial charge is 0.423 e. The third-order valence-electron chi connectivity index (χ3n) is 6.10. The third-order valence-corrected chi connectivity index (χ3v) is 6.45. The summed E-state index contributed by atoms with van der Waals surface area (Å²) in [6, 6.07) is 26.7. The molecule has 0 saturated heterocycles. The second-order valence-corrected chi connectivity index (χ2v) is 9.00. The highest BCUT2D eigenvalue weighted by atomic mass is 35.5. The SMILES string of the molecule is CCCc1ccc(OC(=O)c2ccc(NC3=C(Cl)C(=O)N(c4cccc5ccccc45)C3=O)cc2)cc1. The lowest BCUT2D eigenvalue weighted by molar-refractivity contribution is -0.120. The van der Waals surface area contributed by atoms with Crippen molar-refractivity contribution >= 4 is 51.5 Å². The predicted molar refractivity (Wildman–Crippen MR) is 145 cm³/mol. The summed E-state index contributed by atoms with van der Waals surface area (Å²) in [7, 11) is 0. The molecule has 0 spiro atoms. The first-order chi connectivity index (χ1) is 18.0. The number of nitrogens with zero attached hydrogens (tertiary/aromatic N) is 1. The highest BCUT2D eigenvalue weighted by Crippen LogP contribution is 2.34. The van der Waals surface area contributed by atoms with Gasteiger partial charge in [0.25, 0.3) is 11.8 Å². The van der Waals surface area contributed by atoms with Crippen molar-refractivity contribution in [3.63, 3.8) is 0 Å². The van der Waals surface area contributed by atoms with Gasteiger partial charge < -0.3 is 10.1 Å². The number of nitrogens with one attached hydrogen (secondary N) is 1. The summed E-state index contributed by atoms with van der Waals surface area (Å²) in [5, 5.41) is 4.40. The maximum atomic E-state index is 13.2. The average Bonchev–Trinajstić information content (AvgIpc) is 3.13. The lowest BCUT2D eigenvalue weighted by Gasteiger charge is -2.17. The number of hydrogen-bond donors (Lipinski definition) is 1. The Balaban J connectivity index is 1.30. The highest BCUT2D eigenvalue weighted by molar-refractivity contribution is 6.53. The van der Waals surface area contributed by atoms with E-state index in [0.717, 1.165) is 28.5 Å². The van der Waals surface area contributed by atoms with Gasteiger partial charge >= 0.3 is 5.97 Å². The number of hydrogen-bond acceptors (Lipinski definition) is 5. The van der Waals surface area contributed by atoms with Gasteiger partial charge in [-0.25, -0.2) is 9.69 Å². The summed E-state index contributed by atoms with van der Waals surface area (Å²) >= 11 is 6.30. The maximum absolute atomic E-state index is 13.2. The molecule has 0 atom stereocenters. The molecule has 4 aromatic rings. The number of rotatable bonds is 7. The summed E-state index contributed by atoms with van der Waals surface area (Å²) in [4.78, 5) is 39.8. The maximum Gasteiger partial charge on any atom is 0.343 e. The van der Waals surface area contributed by atoms with E-state index < -0.39 is 17.8 Å². The van der Waals surface area contributed by atoms with E-state index in [1.54, 1.807) is 48.5 Å². The van der Waals surface area contributed by atoms with Crippen LogP contribution in [0, 0.1) is 0 Å². The van der Waals surface area contributed by atoms with Crippen molar-refractivity contribution in [3.05, 3.63) is 113 Å². The number of esters is 1. The number of carbonyl (C=O) groups excluding carboxylic acids is 3. The molecular formula is C30H23ClN2O4. The molecule has 1 heterocycles. The molecule has 1 aliphatic heterocycles. The molecule has 0 aliphatic carbocycles. The molecule has 0 bridgehead atoms. The topological polar surface area (TPSA) is 75.7 Å². The van der Waals surface area contributed by atoms with Crippen molar-refractivity contribution < 1.29 is 19.1 Å². The molecule has 184 valence electrons. The fourth-order valence-electron chi connectivity index (χ4n) is 4.25. The minimum absolute atomic E-state index is 0.0258. The number of amides is 2. The molecule has 2 amide bonds. The molecule has 0 aromatic heterocycles. The zero-order valence-electron chi connectivity index (χ0n) is 20.0. The minimum atomic E-state index is -0.601. The van der Waals surface area contributed by atoms with Crippen LogP contribution in [0.3, 0.4) is 0 Å². The van der Waals surface area contributed by atoms with Crippen molar-refractivity contribution in [2.45, 2.75) is 19.8 Å². The van der Waals surface area contributed by atoms with E-state index in [0.29, 0.717) is 22.7 Å². The van der Waals surface area contributed by atoms with Crippen molar-refractivity contribution in [1.82, 2.24) is 0 Å². The predicted octanol–water partition coefficient (Wildman–Crippen LogP) is 6.45. The number of benzene rings is 4. The number of fused-ring (bicyclic) bond motifs is 1. The number of imide groups is 1. The van der Waals surface area contributed by atoms with Gasteiger partial charge in [-0.2, -0.15) is 0 Å². The summed E-state index contributed by atoms with van der Waals surface area (Å²) in [5.41, 5.74) is 2.46. The van der Waals surface area contributed by atoms with Crippen molar-refractivity contribution in [2.75, 3.05) is 10.2 Å². The van der Waals surface area contributed by atoms with Crippen LogP contribution in [0.2, 0.25) is 0 Å². The normalized spacial score (nSPS) is 13.4. The zero-order chi connectivity index (χ0) is 25.9. The van der Waals surface area contributed by atoms with E-state index in [2.05, 4.69) is 12.2 Å². The van der Waals surface area contributed by atoms with E-state index in [9.17, 15) is 14.4 Å². The number of aryl methyl sites for hydroxylation is 1. The van der Waals surface area contributed by atoms with E-state index in [1.807, 2.05) is 42.5 Å². The van der Waals surface area contributed by atoms with Crippen molar-refractivity contribution in [3.8, 4) is 5.75 Å². The Hall–Kier alpha value is -4.42. The molecule has 37 heavy (non-hydrogen) atoms. The van der Waals surface area contributed by atoms with Gasteiger partial charge in [0.15, 0.2) is 0 Å². The Morgan fingerprint density at radius 3 is 2.30 bits per heavy atom. The Labute approximate surface area is 219 Å². The Kier molecular flexibility index (Phi) is 6.75. The van der Waals surface area contributed by atoms with Crippen LogP contribution in [-0.4, -0.2) is 17.8 Å². The number of carbonyl (C=O) groups is 3.